The number of para-hydroxylation sites is 1. The third kappa shape index (κ3) is 2.00. The third-order valence-corrected chi connectivity index (χ3v) is 3.12. The summed E-state index contributed by atoms with van der Waals surface area (Å²) in [6.45, 7) is 0. The molecule has 0 radical (unpaired) electrons. The second kappa shape index (κ2) is 4.04. The van der Waals surface area contributed by atoms with Gasteiger partial charge < -0.3 is 9.88 Å². The lowest BCUT2D eigenvalue weighted by Crippen LogP contribution is -2.03. The Morgan fingerprint density at radius 2 is 2.24 bits per heavy atom. The summed E-state index contributed by atoms with van der Waals surface area (Å²) in [4.78, 5) is 4.18. The molecule has 5 heteroatoms. The Labute approximate surface area is 103 Å². The van der Waals surface area contributed by atoms with Crippen LogP contribution in [0.25, 0.3) is 0 Å². The number of aromatic nitrogens is 2. The molecule has 1 aliphatic rings. The Morgan fingerprint density at radius 3 is 2.94 bits per heavy atom. The Bertz CT molecular complexity index is 528. The maximum Gasteiger partial charge on any atom is 0.207 e. The Kier molecular flexibility index (Phi) is 2.52. The number of anilines is 2. The zero-order valence-electron chi connectivity index (χ0n) is 9.03. The van der Waals surface area contributed by atoms with E-state index >= 15 is 0 Å². The molecule has 1 aromatic carbocycles. The van der Waals surface area contributed by atoms with Crippen LogP contribution in [0.15, 0.2) is 30.6 Å². The summed E-state index contributed by atoms with van der Waals surface area (Å²) >= 11 is 5.95. The van der Waals surface area contributed by atoms with Crippen LogP contribution in [0, 0.1) is 5.82 Å². The van der Waals surface area contributed by atoms with Crippen molar-refractivity contribution in [1.82, 2.24) is 9.55 Å². The lowest BCUT2D eigenvalue weighted by Gasteiger charge is -2.10. The van der Waals surface area contributed by atoms with Crippen LogP contribution in [0.5, 0.6) is 0 Å². The van der Waals surface area contributed by atoms with E-state index in [0.29, 0.717) is 17.0 Å². The van der Waals surface area contributed by atoms with Gasteiger partial charge in [-0.3, -0.25) is 0 Å². The van der Waals surface area contributed by atoms with Gasteiger partial charge in [0, 0.05) is 18.4 Å². The molecule has 17 heavy (non-hydrogen) atoms. The predicted molar refractivity (Wildman–Crippen MR) is 65.2 cm³/mol. The zero-order valence-corrected chi connectivity index (χ0v) is 9.78. The van der Waals surface area contributed by atoms with E-state index in [2.05, 4.69) is 10.3 Å². The molecule has 1 aromatic heterocycles. The van der Waals surface area contributed by atoms with Crippen LogP contribution < -0.4 is 5.32 Å². The van der Waals surface area contributed by atoms with Crippen LogP contribution in [0.2, 0.25) is 5.02 Å². The monoisotopic (exact) mass is 251 g/mol. The van der Waals surface area contributed by atoms with Crippen LogP contribution in [0.1, 0.15) is 18.9 Å². The minimum absolute atomic E-state index is 0.280. The van der Waals surface area contributed by atoms with Gasteiger partial charge in [-0.1, -0.05) is 17.7 Å². The van der Waals surface area contributed by atoms with Crippen LogP contribution in [0.3, 0.4) is 0 Å². The quantitative estimate of drug-likeness (QED) is 0.900. The predicted octanol–water partition coefficient (Wildman–Crippen LogP) is 3.75. The number of imidazole rings is 1. The molecule has 0 spiro atoms. The van der Waals surface area contributed by atoms with Crippen LogP contribution in [-0.2, 0) is 0 Å². The summed E-state index contributed by atoms with van der Waals surface area (Å²) in [5.74, 6) is 0.266. The van der Waals surface area contributed by atoms with E-state index < -0.39 is 0 Å². The van der Waals surface area contributed by atoms with Gasteiger partial charge in [0.25, 0.3) is 0 Å². The van der Waals surface area contributed by atoms with E-state index in [-0.39, 0.29) is 11.5 Å². The SMILES string of the molecule is Fc1cccc(Cl)c1Nc1nccn1C1CC1. The van der Waals surface area contributed by atoms with E-state index in [9.17, 15) is 4.39 Å². The fraction of sp³-hybridized carbons (Fsp3) is 0.250. The minimum Gasteiger partial charge on any atom is -0.322 e. The van der Waals surface area contributed by atoms with Crippen LogP contribution in [-0.4, -0.2) is 9.55 Å². The molecule has 1 saturated carbocycles. The second-order valence-corrected chi connectivity index (χ2v) is 4.52. The molecule has 88 valence electrons. The van der Waals surface area contributed by atoms with Gasteiger partial charge in [0.1, 0.15) is 5.82 Å². The third-order valence-electron chi connectivity index (χ3n) is 2.81. The molecule has 1 aliphatic carbocycles. The van der Waals surface area contributed by atoms with E-state index in [4.69, 9.17) is 11.6 Å². The summed E-state index contributed by atoms with van der Waals surface area (Å²) in [6.07, 6.45) is 5.90. The molecule has 0 bridgehead atoms. The van der Waals surface area contributed by atoms with Gasteiger partial charge in [-0.2, -0.15) is 0 Å². The van der Waals surface area contributed by atoms with Gasteiger partial charge in [0.15, 0.2) is 0 Å². The lowest BCUT2D eigenvalue weighted by atomic mass is 10.3. The van der Waals surface area contributed by atoms with Crippen molar-refractivity contribution >= 4 is 23.2 Å². The first-order valence-corrected chi connectivity index (χ1v) is 5.87. The van der Waals surface area contributed by atoms with Crippen molar-refractivity contribution in [1.29, 1.82) is 0 Å². The number of hydrogen-bond donors (Lipinski definition) is 1. The lowest BCUT2D eigenvalue weighted by molar-refractivity contribution is 0.631. The van der Waals surface area contributed by atoms with Crippen LogP contribution >= 0.6 is 11.6 Å². The van der Waals surface area contributed by atoms with Crippen molar-refractivity contribution in [3.8, 4) is 0 Å². The van der Waals surface area contributed by atoms with Gasteiger partial charge in [-0.15, -0.1) is 0 Å². The van der Waals surface area contributed by atoms with Crippen molar-refractivity contribution in [3.63, 3.8) is 0 Å². The Hall–Kier alpha value is -1.55. The fourth-order valence-electron chi connectivity index (χ4n) is 1.79. The maximum absolute atomic E-state index is 13.6. The summed E-state index contributed by atoms with van der Waals surface area (Å²) < 4.78 is 15.6. The first kappa shape index (κ1) is 10.6. The smallest absolute Gasteiger partial charge is 0.207 e. The highest BCUT2D eigenvalue weighted by molar-refractivity contribution is 6.33. The fourth-order valence-corrected chi connectivity index (χ4v) is 2.00. The van der Waals surface area contributed by atoms with E-state index in [1.165, 1.54) is 6.07 Å². The Balaban J connectivity index is 1.93. The summed E-state index contributed by atoms with van der Waals surface area (Å²) in [6, 6.07) is 5.09. The Morgan fingerprint density at radius 1 is 1.41 bits per heavy atom. The van der Waals surface area contributed by atoms with Gasteiger partial charge in [-0.25, -0.2) is 9.37 Å². The highest BCUT2D eigenvalue weighted by Gasteiger charge is 2.25. The molecular weight excluding hydrogens is 241 g/mol. The molecule has 0 saturated heterocycles. The molecule has 1 fully saturated rings. The van der Waals surface area contributed by atoms with Gasteiger partial charge in [-0.05, 0) is 25.0 Å². The number of halogens is 2. The molecule has 0 amide bonds. The summed E-state index contributed by atoms with van der Waals surface area (Å²) in [5, 5.41) is 3.31. The molecule has 3 rings (SSSR count). The number of nitrogens with zero attached hydrogens (tertiary/aromatic N) is 2. The molecule has 1 heterocycles. The highest BCUT2D eigenvalue weighted by atomic mass is 35.5. The first-order chi connectivity index (χ1) is 8.25. The van der Waals surface area contributed by atoms with Gasteiger partial charge >= 0.3 is 0 Å². The second-order valence-electron chi connectivity index (χ2n) is 4.11. The summed E-state index contributed by atoms with van der Waals surface area (Å²) in [5.41, 5.74) is 0.280. The standard InChI is InChI=1S/C12H11ClFN3/c13-9-2-1-3-10(14)11(9)16-12-15-6-7-17(12)8-4-5-8/h1-3,6-8H,4-5H2,(H,15,16). The largest absolute Gasteiger partial charge is 0.322 e. The highest BCUT2D eigenvalue weighted by Crippen LogP contribution is 2.38. The first-order valence-electron chi connectivity index (χ1n) is 5.49. The van der Waals surface area contributed by atoms with Crippen molar-refractivity contribution in [3.05, 3.63) is 41.4 Å². The molecule has 3 nitrogen and oxygen atoms in total. The number of nitrogens with one attached hydrogen (secondary N) is 1. The molecule has 0 aliphatic heterocycles. The van der Waals surface area contributed by atoms with Crippen molar-refractivity contribution in [2.45, 2.75) is 18.9 Å². The van der Waals surface area contributed by atoms with E-state index in [1.807, 2.05) is 10.8 Å². The number of benzene rings is 1. The topological polar surface area (TPSA) is 29.9 Å². The average molecular weight is 252 g/mol. The van der Waals surface area contributed by atoms with Crippen molar-refractivity contribution in [2.75, 3.05) is 5.32 Å². The van der Waals surface area contributed by atoms with Gasteiger partial charge in [0.2, 0.25) is 5.95 Å². The molecule has 0 unspecified atom stereocenters. The molecule has 1 N–H and O–H groups in total. The molecule has 0 atom stereocenters. The zero-order chi connectivity index (χ0) is 11.8. The number of hydrogen-bond acceptors (Lipinski definition) is 2. The summed E-state index contributed by atoms with van der Waals surface area (Å²) in [7, 11) is 0. The van der Waals surface area contributed by atoms with E-state index in [1.54, 1.807) is 18.3 Å². The average Bonchev–Trinajstić information content (AvgIpc) is 3.04. The molecular formula is C12H11ClFN3. The van der Waals surface area contributed by atoms with Crippen LogP contribution in [0.4, 0.5) is 16.0 Å². The van der Waals surface area contributed by atoms with E-state index in [0.717, 1.165) is 12.8 Å². The maximum atomic E-state index is 13.6. The van der Waals surface area contributed by atoms with Gasteiger partial charge in [0.05, 0.1) is 10.7 Å². The normalized spacial score (nSPS) is 14.9. The molecule has 2 aromatic rings. The van der Waals surface area contributed by atoms with Crippen molar-refractivity contribution < 1.29 is 4.39 Å². The number of rotatable bonds is 3. The van der Waals surface area contributed by atoms with Crippen molar-refractivity contribution in [2.24, 2.45) is 0 Å². The minimum atomic E-state index is -0.372.